The molecule has 0 bridgehead atoms. The van der Waals surface area contributed by atoms with Crippen molar-refractivity contribution in [2.24, 2.45) is 5.92 Å². The van der Waals surface area contributed by atoms with Crippen molar-refractivity contribution in [1.29, 1.82) is 0 Å². The molecule has 1 amide bonds. The van der Waals surface area contributed by atoms with Crippen LogP contribution in [0.4, 0.5) is 0 Å². The second-order valence-corrected chi connectivity index (χ2v) is 5.12. The van der Waals surface area contributed by atoms with Crippen LogP contribution < -0.4 is 10.6 Å². The van der Waals surface area contributed by atoms with E-state index >= 15 is 0 Å². The fourth-order valence-corrected chi connectivity index (χ4v) is 2.31. The van der Waals surface area contributed by atoms with Crippen molar-refractivity contribution >= 4 is 18.3 Å². The minimum absolute atomic E-state index is 0. The number of hydrogen-bond acceptors (Lipinski definition) is 3. The number of rotatable bonds is 5. The van der Waals surface area contributed by atoms with Crippen molar-refractivity contribution in [2.75, 3.05) is 19.7 Å². The number of nitrogens with one attached hydrogen (secondary N) is 2. The Balaban J connectivity index is 0.00000200. The Kier molecular flexibility index (Phi) is 7.59. The first kappa shape index (κ1) is 17.0. The molecule has 112 valence electrons. The fraction of sp³-hybridized carbons (Fsp3) is 0.533. The third kappa shape index (κ3) is 5.49. The summed E-state index contributed by atoms with van der Waals surface area (Å²) in [5, 5.41) is 6.37. The maximum absolute atomic E-state index is 11.8. The molecule has 20 heavy (non-hydrogen) atoms. The molecule has 1 aliphatic heterocycles. The highest BCUT2D eigenvalue weighted by molar-refractivity contribution is 5.85. The number of carbonyl (C=O) groups is 1. The summed E-state index contributed by atoms with van der Waals surface area (Å²) < 4.78 is 5.43. The van der Waals surface area contributed by atoms with Gasteiger partial charge in [-0.15, -0.1) is 12.4 Å². The van der Waals surface area contributed by atoms with E-state index in [-0.39, 0.29) is 31.0 Å². The van der Waals surface area contributed by atoms with Crippen LogP contribution in [0.2, 0.25) is 0 Å². The molecule has 1 aliphatic rings. The van der Waals surface area contributed by atoms with E-state index in [9.17, 15) is 4.79 Å². The monoisotopic (exact) mass is 298 g/mol. The van der Waals surface area contributed by atoms with E-state index in [1.54, 1.807) is 0 Å². The van der Waals surface area contributed by atoms with Crippen LogP contribution in [0, 0.1) is 5.92 Å². The smallest absolute Gasteiger partial charge is 0.246 e. The Morgan fingerprint density at radius 1 is 1.40 bits per heavy atom. The molecular formula is C15H23ClN2O2. The van der Waals surface area contributed by atoms with Crippen LogP contribution in [0.15, 0.2) is 30.3 Å². The zero-order valence-corrected chi connectivity index (χ0v) is 12.6. The summed E-state index contributed by atoms with van der Waals surface area (Å²) in [7, 11) is 0. The lowest BCUT2D eigenvalue weighted by Crippen LogP contribution is -2.49. The lowest BCUT2D eigenvalue weighted by molar-refractivity contribution is -0.127. The van der Waals surface area contributed by atoms with Crippen molar-refractivity contribution in [3.05, 3.63) is 35.9 Å². The molecule has 1 aromatic rings. The zero-order valence-electron chi connectivity index (χ0n) is 11.8. The second kappa shape index (κ2) is 8.95. The molecule has 1 heterocycles. The maximum Gasteiger partial charge on any atom is 0.246 e. The summed E-state index contributed by atoms with van der Waals surface area (Å²) in [4.78, 5) is 11.8. The third-order valence-electron chi connectivity index (χ3n) is 3.48. The molecule has 1 aromatic carbocycles. The largest absolute Gasteiger partial charge is 0.367 e. The first-order valence-corrected chi connectivity index (χ1v) is 6.87. The van der Waals surface area contributed by atoms with Gasteiger partial charge >= 0.3 is 0 Å². The van der Waals surface area contributed by atoms with Gasteiger partial charge in [-0.2, -0.15) is 0 Å². The molecular weight excluding hydrogens is 276 g/mol. The molecule has 4 nitrogen and oxygen atoms in total. The lowest BCUT2D eigenvalue weighted by atomic mass is 9.95. The number of hydrogen-bond donors (Lipinski definition) is 2. The van der Waals surface area contributed by atoms with Crippen molar-refractivity contribution in [1.82, 2.24) is 10.6 Å². The van der Waals surface area contributed by atoms with Gasteiger partial charge in [0, 0.05) is 6.04 Å². The molecule has 1 fully saturated rings. The minimum atomic E-state index is -0.0188. The Morgan fingerprint density at radius 2 is 2.15 bits per heavy atom. The predicted octanol–water partition coefficient (Wildman–Crippen LogP) is 1.74. The predicted molar refractivity (Wildman–Crippen MR) is 81.9 cm³/mol. The van der Waals surface area contributed by atoms with E-state index in [1.165, 1.54) is 0 Å². The van der Waals surface area contributed by atoms with Gasteiger partial charge in [0.15, 0.2) is 0 Å². The number of carbonyl (C=O) groups excluding carboxylic acids is 1. The van der Waals surface area contributed by atoms with Gasteiger partial charge in [-0.3, -0.25) is 4.79 Å². The summed E-state index contributed by atoms with van der Waals surface area (Å²) >= 11 is 0. The van der Waals surface area contributed by atoms with Gasteiger partial charge in [0.1, 0.15) is 6.61 Å². The van der Waals surface area contributed by atoms with E-state index in [4.69, 9.17) is 4.74 Å². The Morgan fingerprint density at radius 3 is 2.85 bits per heavy atom. The first-order valence-electron chi connectivity index (χ1n) is 6.87. The maximum atomic E-state index is 11.8. The van der Waals surface area contributed by atoms with Crippen LogP contribution in [0.25, 0.3) is 0 Å². The normalized spacial score (nSPS) is 21.9. The van der Waals surface area contributed by atoms with Crippen molar-refractivity contribution in [2.45, 2.75) is 26.0 Å². The summed E-state index contributed by atoms with van der Waals surface area (Å²) in [6.07, 6.45) is 0.992. The molecule has 1 saturated heterocycles. The molecule has 0 aromatic heterocycles. The molecule has 0 saturated carbocycles. The lowest BCUT2D eigenvalue weighted by Gasteiger charge is -2.30. The zero-order chi connectivity index (χ0) is 13.5. The van der Waals surface area contributed by atoms with E-state index in [2.05, 4.69) is 17.6 Å². The summed E-state index contributed by atoms with van der Waals surface area (Å²) in [6.45, 7) is 4.71. The van der Waals surface area contributed by atoms with Crippen LogP contribution >= 0.6 is 12.4 Å². The molecule has 0 aliphatic carbocycles. The van der Waals surface area contributed by atoms with Crippen molar-refractivity contribution in [3.8, 4) is 0 Å². The Hall–Kier alpha value is -1.10. The van der Waals surface area contributed by atoms with Crippen LogP contribution in [0.3, 0.4) is 0 Å². The van der Waals surface area contributed by atoms with Crippen LogP contribution in [0.5, 0.6) is 0 Å². The third-order valence-corrected chi connectivity index (χ3v) is 3.48. The van der Waals surface area contributed by atoms with E-state index in [0.29, 0.717) is 12.5 Å². The molecule has 5 heteroatoms. The number of halogens is 1. The SMILES string of the molecule is CC1CNCCC1NC(=O)COCc1ccccc1.Cl. The molecule has 0 spiro atoms. The highest BCUT2D eigenvalue weighted by Crippen LogP contribution is 2.10. The fourth-order valence-electron chi connectivity index (χ4n) is 2.31. The van der Waals surface area contributed by atoms with Gasteiger partial charge < -0.3 is 15.4 Å². The topological polar surface area (TPSA) is 50.4 Å². The van der Waals surface area contributed by atoms with Crippen LogP contribution in [0.1, 0.15) is 18.9 Å². The highest BCUT2D eigenvalue weighted by atomic mass is 35.5. The van der Waals surface area contributed by atoms with E-state index in [1.807, 2.05) is 30.3 Å². The Labute approximate surface area is 126 Å². The standard InChI is InChI=1S/C15H22N2O2.ClH/c1-12-9-16-8-7-14(12)17-15(18)11-19-10-13-5-3-2-4-6-13;/h2-6,12,14,16H,7-11H2,1H3,(H,17,18);1H. The van der Waals surface area contributed by atoms with E-state index in [0.717, 1.165) is 25.1 Å². The van der Waals surface area contributed by atoms with Crippen LogP contribution in [-0.4, -0.2) is 31.6 Å². The number of ether oxygens (including phenoxy) is 1. The summed E-state index contributed by atoms with van der Waals surface area (Å²) in [5.74, 6) is 0.460. The molecule has 2 unspecified atom stereocenters. The Bertz CT molecular complexity index is 400. The van der Waals surface area contributed by atoms with Gasteiger partial charge in [-0.1, -0.05) is 37.3 Å². The number of benzene rings is 1. The van der Waals surface area contributed by atoms with Crippen LogP contribution in [-0.2, 0) is 16.1 Å². The highest BCUT2D eigenvalue weighted by Gasteiger charge is 2.22. The molecule has 2 N–H and O–H groups in total. The quantitative estimate of drug-likeness (QED) is 0.870. The second-order valence-electron chi connectivity index (χ2n) is 5.12. The summed E-state index contributed by atoms with van der Waals surface area (Å²) in [5.41, 5.74) is 1.09. The average Bonchev–Trinajstić information content (AvgIpc) is 2.43. The average molecular weight is 299 g/mol. The number of piperidine rings is 1. The molecule has 0 radical (unpaired) electrons. The van der Waals surface area contributed by atoms with Gasteiger partial charge in [-0.25, -0.2) is 0 Å². The van der Waals surface area contributed by atoms with Gasteiger partial charge in [0.25, 0.3) is 0 Å². The van der Waals surface area contributed by atoms with Gasteiger partial charge in [-0.05, 0) is 31.0 Å². The number of amides is 1. The summed E-state index contributed by atoms with van der Waals surface area (Å²) in [6, 6.07) is 10.2. The van der Waals surface area contributed by atoms with E-state index < -0.39 is 0 Å². The van der Waals surface area contributed by atoms with Crippen molar-refractivity contribution < 1.29 is 9.53 Å². The minimum Gasteiger partial charge on any atom is -0.367 e. The first-order chi connectivity index (χ1) is 9.25. The molecule has 2 atom stereocenters. The van der Waals surface area contributed by atoms with Gasteiger partial charge in [0.2, 0.25) is 5.91 Å². The van der Waals surface area contributed by atoms with Gasteiger partial charge in [0.05, 0.1) is 6.61 Å². The molecule has 2 rings (SSSR count). The van der Waals surface area contributed by atoms with Crippen molar-refractivity contribution in [3.63, 3.8) is 0 Å².